The van der Waals surface area contributed by atoms with Gasteiger partial charge in [-0.25, -0.2) is 14.5 Å². The number of allylic oxidation sites excluding steroid dienone is 1. The predicted octanol–water partition coefficient (Wildman–Crippen LogP) is -7.80. The van der Waals surface area contributed by atoms with Gasteiger partial charge in [-0.2, -0.15) is 10.0 Å². The van der Waals surface area contributed by atoms with Crippen LogP contribution in [0.5, 0.6) is 5.88 Å². The topological polar surface area (TPSA) is 709 Å². The van der Waals surface area contributed by atoms with E-state index in [9.17, 15) is 49.8 Å². The maximum absolute atomic E-state index is 12.4. The molecule has 2 aliphatic heterocycles. The lowest BCUT2D eigenvalue weighted by Gasteiger charge is -2.60. The number of aromatic amines is 1. The number of carboxylic acids is 2. The number of carbonyl (C=O) groups is 4. The zero-order chi connectivity index (χ0) is 75.4. The largest absolute Gasteiger partial charge is 0.492 e. The Morgan fingerprint density at radius 1 is 0.730 bits per heavy atom. The molecule has 0 spiro atoms. The van der Waals surface area contributed by atoms with E-state index in [-0.39, 0.29) is 59.0 Å². The van der Waals surface area contributed by atoms with Crippen LogP contribution in [-0.4, -0.2) is 327 Å². The molecule has 12 rings (SSSR count). The number of hydroxylamine groups is 2. The molecule has 566 valence electrons. The molecule has 0 amide bonds. The number of Topliss-reactive ketones (excluding diaryl/α,β-unsaturated/α-hetero) is 1. The van der Waals surface area contributed by atoms with Crippen LogP contribution in [-0.2, 0) is 28.5 Å². The lowest BCUT2D eigenvalue weighted by atomic mass is 9.45. The Labute approximate surface area is 569 Å². The van der Waals surface area contributed by atoms with Gasteiger partial charge in [-0.1, -0.05) is 37.6 Å². The number of phosphoric acid groups is 1. The first-order chi connectivity index (χ1) is 46.6. The third-order valence-corrected chi connectivity index (χ3v) is 19.7. The number of nitrogens with zero attached hydrogens (tertiary/aromatic N) is 5. The van der Waals surface area contributed by atoms with Crippen LogP contribution in [0.3, 0.4) is 0 Å². The number of aliphatic hydroxyl groups is 19. The van der Waals surface area contributed by atoms with Gasteiger partial charge in [0.25, 0.3) is 0 Å². The summed E-state index contributed by atoms with van der Waals surface area (Å²) < 4.78 is 15.6. The monoisotopic (exact) mass is 1460 g/mol. The first-order valence-electron chi connectivity index (χ1n) is 31.6. The Kier molecular flexibility index (Phi) is 30.7. The zero-order valence-corrected chi connectivity index (χ0v) is 55.0. The van der Waals surface area contributed by atoms with E-state index >= 15 is 0 Å². The fourth-order valence-electron chi connectivity index (χ4n) is 14.1. The first-order valence-corrected chi connectivity index (χ1v) is 33.2. The van der Waals surface area contributed by atoms with Gasteiger partial charge in [0.1, 0.15) is 122 Å². The minimum atomic E-state index is -4.64. The highest BCUT2D eigenvalue weighted by Gasteiger charge is 2.68. The quantitative estimate of drug-likeness (QED) is 0.0729. The van der Waals surface area contributed by atoms with Crippen molar-refractivity contribution < 1.29 is 161 Å². The van der Waals surface area contributed by atoms with Crippen LogP contribution in [0.25, 0.3) is 22.1 Å². The Morgan fingerprint density at radius 3 is 1.69 bits per heavy atom. The van der Waals surface area contributed by atoms with Crippen molar-refractivity contribution in [1.82, 2.24) is 29.6 Å². The van der Waals surface area contributed by atoms with Crippen LogP contribution >= 0.6 is 7.82 Å². The molecular formula is C60H94N7O32P. The smallest absolute Gasteiger partial charge is 0.466 e. The highest BCUT2D eigenvalue weighted by atomic mass is 31.2. The number of benzene rings is 1. The average Bonchev–Trinajstić information content (AvgIpc) is 1.36. The van der Waals surface area contributed by atoms with Crippen molar-refractivity contribution in [2.75, 3.05) is 26.4 Å². The van der Waals surface area contributed by atoms with Crippen LogP contribution in [0.2, 0.25) is 0 Å². The molecule has 40 heteroatoms. The summed E-state index contributed by atoms with van der Waals surface area (Å²) in [7, 11) is -4.64. The number of hydrogen-bond donors (Lipinski definition) is 28. The molecule has 5 saturated carbocycles. The van der Waals surface area contributed by atoms with Gasteiger partial charge in [0.2, 0.25) is 5.88 Å². The summed E-state index contributed by atoms with van der Waals surface area (Å²) in [6, 6.07) is 8.70. The number of carbonyl (C=O) groups excluding carboxylic acids is 2. The summed E-state index contributed by atoms with van der Waals surface area (Å²) in [5, 5.41) is 213. The van der Waals surface area contributed by atoms with Gasteiger partial charge >= 0.3 is 19.8 Å². The van der Waals surface area contributed by atoms with E-state index < -0.39 is 166 Å². The standard InChI is InChI=1S/C21H30O5.C10H12N4O5.C8H7N.2C6H12O6.C5H9NO3.C4H9NO3.H3O4P/c1-19-7-5-13(23)9-12(19)3-4-14-15-6-8-21(26,17(25)11-22)20(15,2)10-16(24)18(14)19;15-1-4-6(16)7(17)10(19-4)14-3-13-5-8(14)11-2-12-9(5)18;1-2-4-8-7(3-1)5-6-9-8;2*7-1-2(8)4(10)6(12)5(11)3(1)9;7-5(8)4-2-1-3-6(4)9;5-3(1-2-6)4(7)8;1-5(2,3)4/h9,14-16,18,22,24,26H,3-8,10-11H2,1-2H3;2-4,6-7,10,15-17H,1H2,(H,11,12,18);1-6,9H;2*1-12H;4,9H,1-3H2,(H,7,8);3,6H,1-2,5H2,(H,7,8);(H3,1,2,3,4)/t14-,15-,16-,18+,19-,20-,21-;4-,6-,7-,10-;;2*1-,2-,3-,4+,5-,6-;;;/m01....../s1. The van der Waals surface area contributed by atoms with Crippen LogP contribution in [0, 0.1) is 28.6 Å². The number of ether oxygens (including phenoxy) is 1. The predicted molar refractivity (Wildman–Crippen MR) is 336 cm³/mol. The third-order valence-electron chi connectivity index (χ3n) is 19.7. The fraction of sp³-hybridized carbons (Fsp3) is 0.683. The highest BCUT2D eigenvalue weighted by Crippen LogP contribution is 2.67. The minimum Gasteiger partial charge on any atom is -0.492 e. The van der Waals surface area contributed by atoms with Gasteiger partial charge in [0.15, 0.2) is 29.0 Å². The molecular weight excluding hydrogens is 1360 g/mol. The second-order valence-corrected chi connectivity index (χ2v) is 26.9. The number of aromatic hydroxyl groups is 1. The number of rotatable bonds is 8. The van der Waals surface area contributed by atoms with E-state index in [4.69, 9.17) is 117 Å². The molecule has 2 unspecified atom stereocenters. The molecule has 0 radical (unpaired) electrons. The first kappa shape index (κ1) is 85.0. The Balaban J connectivity index is 0.000000217. The van der Waals surface area contributed by atoms with Crippen molar-refractivity contribution in [3.63, 3.8) is 0 Å². The summed E-state index contributed by atoms with van der Waals surface area (Å²) in [4.78, 5) is 80.5. The van der Waals surface area contributed by atoms with E-state index in [0.717, 1.165) is 43.5 Å². The van der Waals surface area contributed by atoms with E-state index in [1.807, 2.05) is 25.3 Å². The normalized spacial score (nSPS) is 37.5. The van der Waals surface area contributed by atoms with Gasteiger partial charge in [-0.05, 0) is 105 Å². The number of imidazole rings is 1. The van der Waals surface area contributed by atoms with Gasteiger partial charge in [-0.3, -0.25) is 23.7 Å². The number of hydrogen-bond acceptors (Lipinski definition) is 32. The molecule has 5 heterocycles. The Bertz CT molecular complexity index is 3190. The summed E-state index contributed by atoms with van der Waals surface area (Å²) in [6.07, 6.45) is -12.3. The lowest BCUT2D eigenvalue weighted by molar-refractivity contribution is -0.223. The molecule has 6 aliphatic carbocycles. The number of H-pyrrole nitrogens is 1. The molecule has 2 saturated heterocycles. The second kappa shape index (κ2) is 36.2. The minimum absolute atomic E-state index is 0.0697. The van der Waals surface area contributed by atoms with Crippen molar-refractivity contribution in [3.8, 4) is 5.88 Å². The summed E-state index contributed by atoms with van der Waals surface area (Å²) >= 11 is 0. The van der Waals surface area contributed by atoms with Crippen molar-refractivity contribution >= 4 is 53.4 Å². The molecule has 29 N–H and O–H groups in total. The Hall–Kier alpha value is -5.68. The summed E-state index contributed by atoms with van der Waals surface area (Å²) in [6.45, 7) is 3.35. The van der Waals surface area contributed by atoms with Gasteiger partial charge in [-0.15, -0.1) is 0 Å². The number of ketones is 2. The van der Waals surface area contributed by atoms with Crippen LogP contribution < -0.4 is 5.73 Å². The number of aliphatic carboxylic acids is 2. The number of carboxylic acid groups (broad SMARTS) is 2. The van der Waals surface area contributed by atoms with Crippen LogP contribution in [0.15, 0.2) is 60.8 Å². The van der Waals surface area contributed by atoms with E-state index in [1.54, 1.807) is 6.08 Å². The van der Waals surface area contributed by atoms with Crippen molar-refractivity contribution in [2.45, 2.75) is 200 Å². The van der Waals surface area contributed by atoms with Crippen LogP contribution in [0.4, 0.5) is 0 Å². The molecule has 3 aromatic heterocycles. The number of fused-ring (bicyclic) bond motifs is 7. The molecule has 4 aromatic rings. The molecule has 1 aromatic carbocycles. The van der Waals surface area contributed by atoms with Crippen LogP contribution in [0.1, 0.15) is 84.3 Å². The highest BCUT2D eigenvalue weighted by molar-refractivity contribution is 7.45. The van der Waals surface area contributed by atoms with Crippen molar-refractivity contribution in [2.24, 2.45) is 34.3 Å². The van der Waals surface area contributed by atoms with E-state index in [1.165, 1.54) is 27.4 Å². The summed E-state index contributed by atoms with van der Waals surface area (Å²) in [5.74, 6) is -2.15. The number of aliphatic hydroxyl groups excluding tert-OH is 18. The molecule has 8 aliphatic rings. The number of aromatic nitrogens is 5. The molecule has 39 nitrogen and oxygen atoms in total. The van der Waals surface area contributed by atoms with Crippen molar-refractivity contribution in [3.05, 3.63) is 60.8 Å². The maximum atomic E-state index is 12.4. The van der Waals surface area contributed by atoms with E-state index in [0.29, 0.717) is 32.2 Å². The maximum Gasteiger partial charge on any atom is 0.466 e. The zero-order valence-electron chi connectivity index (χ0n) is 54.1. The molecule has 13 atom stereocenters. The Morgan fingerprint density at radius 2 is 1.26 bits per heavy atom. The van der Waals surface area contributed by atoms with Crippen molar-refractivity contribution in [1.29, 1.82) is 0 Å². The van der Waals surface area contributed by atoms with E-state index in [2.05, 4.69) is 45.1 Å². The molecule has 100 heavy (non-hydrogen) atoms. The second-order valence-electron chi connectivity index (χ2n) is 25.9. The number of nitrogens with one attached hydrogen (secondary N) is 1. The lowest BCUT2D eigenvalue weighted by Crippen LogP contribution is -2.63. The SMILES string of the molecule is C[C@]12CCC(=O)C=C1CC[C@@H]1[C@@H]2[C@@H](O)C[C@@]2(C)[C@H]1CC[C@]2(O)C(=O)CO.NC(CCO)C(=O)O.O=C(O)C1CCCN1O.O=P(O)(O)O.OC[C@H]1O[C@@H](n2cnc3c(O)ncnc32)[C@H](O)[C@@H]1O.O[C@H]1[C@H](O)[C@@H](O)[C@H](O)[C@@H](O)[C@H]1O.O[C@H]1[C@H](O)[C@@H](O)[C@H](O)[C@@H](O)[C@H]1O.c1ccc2[nH]ccc2c1. The molecule has 7 fully saturated rings. The van der Waals surface area contributed by atoms with Gasteiger partial charge in [0, 0.05) is 36.7 Å². The fourth-order valence-corrected chi connectivity index (χ4v) is 14.1. The van der Waals surface area contributed by atoms with Gasteiger partial charge < -0.3 is 148 Å². The number of para-hydroxylation sites is 1. The van der Waals surface area contributed by atoms with Gasteiger partial charge in [0.05, 0.1) is 19.0 Å². The number of nitrogens with two attached hydrogens (primary N) is 1. The molecule has 0 bridgehead atoms. The third kappa shape index (κ3) is 19.6. The summed E-state index contributed by atoms with van der Waals surface area (Å²) in [5.41, 5.74) is 5.37. The average molecular weight is 1460 g/mol.